The van der Waals surface area contributed by atoms with Crippen molar-refractivity contribution in [3.05, 3.63) is 42.6 Å². The summed E-state index contributed by atoms with van der Waals surface area (Å²) in [7, 11) is 3.92. The van der Waals surface area contributed by atoms with Gasteiger partial charge < -0.3 is 24.8 Å². The summed E-state index contributed by atoms with van der Waals surface area (Å²) in [6.45, 7) is 0.0275. The Kier molecular flexibility index (Phi) is 4.19. The van der Waals surface area contributed by atoms with E-state index in [9.17, 15) is 4.79 Å². The number of benzene rings is 2. The van der Waals surface area contributed by atoms with E-state index in [2.05, 4.69) is 10.3 Å². The molecule has 0 amide bonds. The monoisotopic (exact) mass is 365 g/mol. The molecule has 0 radical (unpaired) electrons. The number of aromatic nitrogens is 1. The van der Waals surface area contributed by atoms with E-state index in [1.54, 1.807) is 6.20 Å². The fourth-order valence-corrected chi connectivity index (χ4v) is 3.10. The van der Waals surface area contributed by atoms with Gasteiger partial charge in [0.2, 0.25) is 6.79 Å². The van der Waals surface area contributed by atoms with Gasteiger partial charge in [0.15, 0.2) is 11.5 Å². The number of rotatable bonds is 5. The number of hydrogen-bond donors (Lipinski definition) is 2. The van der Waals surface area contributed by atoms with Crippen molar-refractivity contribution in [3.63, 3.8) is 0 Å². The van der Waals surface area contributed by atoms with Gasteiger partial charge in [-0.1, -0.05) is 12.1 Å². The zero-order valence-corrected chi connectivity index (χ0v) is 15.0. The van der Waals surface area contributed by atoms with Crippen molar-refractivity contribution in [3.8, 4) is 22.6 Å². The second-order valence-corrected chi connectivity index (χ2v) is 6.46. The maximum atomic E-state index is 11.0. The lowest BCUT2D eigenvalue weighted by Crippen LogP contribution is -2.14. The van der Waals surface area contributed by atoms with Crippen LogP contribution in [0.5, 0.6) is 11.5 Å². The lowest BCUT2D eigenvalue weighted by molar-refractivity contribution is -0.134. The number of nitrogens with zero attached hydrogens (tertiary/aromatic N) is 2. The van der Waals surface area contributed by atoms with E-state index in [0.29, 0.717) is 11.6 Å². The van der Waals surface area contributed by atoms with Crippen molar-refractivity contribution in [2.75, 3.05) is 37.6 Å². The van der Waals surface area contributed by atoms with Crippen LogP contribution >= 0.6 is 0 Å². The molecule has 2 heterocycles. The Morgan fingerprint density at radius 1 is 1.15 bits per heavy atom. The molecule has 0 saturated carbocycles. The molecule has 1 aliphatic heterocycles. The molecule has 3 aromatic rings. The second kappa shape index (κ2) is 6.68. The van der Waals surface area contributed by atoms with Crippen molar-refractivity contribution in [1.29, 1.82) is 0 Å². The Bertz CT molecular complexity index is 1030. The summed E-state index contributed by atoms with van der Waals surface area (Å²) in [6.07, 6.45) is 1.75. The Balaban J connectivity index is 1.86. The number of ether oxygens (including phenoxy) is 2. The van der Waals surface area contributed by atoms with Gasteiger partial charge in [0.1, 0.15) is 12.4 Å². The Labute approximate surface area is 156 Å². The molecule has 0 spiro atoms. The summed E-state index contributed by atoms with van der Waals surface area (Å²) >= 11 is 0. The van der Waals surface area contributed by atoms with E-state index in [4.69, 9.17) is 14.6 Å². The number of carbonyl (C=O) groups is 1. The zero-order chi connectivity index (χ0) is 19.0. The molecule has 7 nitrogen and oxygen atoms in total. The highest BCUT2D eigenvalue weighted by atomic mass is 16.7. The average Bonchev–Trinajstić information content (AvgIpc) is 3.13. The minimum absolute atomic E-state index is 0.197. The number of nitrogens with one attached hydrogen (secondary N) is 1. The van der Waals surface area contributed by atoms with Gasteiger partial charge in [-0.05, 0) is 35.2 Å². The van der Waals surface area contributed by atoms with Gasteiger partial charge in [-0.25, -0.2) is 4.98 Å². The SMILES string of the molecule is CN(C)c1ccc2c(-c3ccc4c(c3)OCO4)cnc(NCC(=O)O)c2c1. The number of fused-ring (bicyclic) bond motifs is 2. The quantitative estimate of drug-likeness (QED) is 0.718. The number of carboxylic acid groups (broad SMARTS) is 1. The maximum absolute atomic E-state index is 11.0. The van der Waals surface area contributed by atoms with Crippen LogP contribution in [0.4, 0.5) is 11.5 Å². The highest BCUT2D eigenvalue weighted by Crippen LogP contribution is 2.39. The first-order valence-corrected chi connectivity index (χ1v) is 8.49. The maximum Gasteiger partial charge on any atom is 0.322 e. The largest absolute Gasteiger partial charge is 0.480 e. The van der Waals surface area contributed by atoms with Gasteiger partial charge in [-0.15, -0.1) is 0 Å². The van der Waals surface area contributed by atoms with Gasteiger partial charge in [0.05, 0.1) is 0 Å². The van der Waals surface area contributed by atoms with Crippen molar-refractivity contribution in [2.24, 2.45) is 0 Å². The molecule has 138 valence electrons. The van der Waals surface area contributed by atoms with Gasteiger partial charge >= 0.3 is 5.97 Å². The van der Waals surface area contributed by atoms with Gasteiger partial charge in [-0.2, -0.15) is 0 Å². The van der Waals surface area contributed by atoms with Crippen LogP contribution < -0.4 is 19.7 Å². The Hall–Kier alpha value is -3.48. The molecule has 0 aliphatic carbocycles. The minimum atomic E-state index is -0.937. The van der Waals surface area contributed by atoms with Crippen LogP contribution in [0.3, 0.4) is 0 Å². The minimum Gasteiger partial charge on any atom is -0.480 e. The smallest absolute Gasteiger partial charge is 0.322 e. The Morgan fingerprint density at radius 3 is 2.74 bits per heavy atom. The van der Waals surface area contributed by atoms with Crippen LogP contribution in [0.15, 0.2) is 42.6 Å². The first-order valence-electron chi connectivity index (χ1n) is 8.49. The fraction of sp³-hybridized carbons (Fsp3) is 0.200. The van der Waals surface area contributed by atoms with Crippen LogP contribution in [0.2, 0.25) is 0 Å². The fourth-order valence-electron chi connectivity index (χ4n) is 3.10. The predicted molar refractivity (Wildman–Crippen MR) is 104 cm³/mol. The van der Waals surface area contributed by atoms with Crippen molar-refractivity contribution in [1.82, 2.24) is 4.98 Å². The molecule has 0 saturated heterocycles. The molecule has 2 N–H and O–H groups in total. The summed E-state index contributed by atoms with van der Waals surface area (Å²) in [5, 5.41) is 13.7. The molecular weight excluding hydrogens is 346 g/mol. The van der Waals surface area contributed by atoms with E-state index < -0.39 is 5.97 Å². The first kappa shape index (κ1) is 17.0. The van der Waals surface area contributed by atoms with Crippen LogP contribution in [0.25, 0.3) is 21.9 Å². The summed E-state index contributed by atoms with van der Waals surface area (Å²) in [5.41, 5.74) is 2.90. The van der Waals surface area contributed by atoms with E-state index in [0.717, 1.165) is 33.3 Å². The number of carboxylic acids is 1. The van der Waals surface area contributed by atoms with Crippen molar-refractivity contribution < 1.29 is 19.4 Å². The molecule has 0 fully saturated rings. The molecule has 27 heavy (non-hydrogen) atoms. The number of pyridine rings is 1. The van der Waals surface area contributed by atoms with E-state index in [1.807, 2.05) is 55.4 Å². The third-order valence-electron chi connectivity index (χ3n) is 4.48. The standard InChI is InChI=1S/C20H19N3O4/c1-23(2)13-4-5-14-15(8-13)20(22-10-19(24)25)21-9-16(14)12-3-6-17-18(7-12)27-11-26-17/h3-9H,10-11H2,1-2H3,(H,21,22)(H,24,25). The molecule has 7 heteroatoms. The van der Waals surface area contributed by atoms with Crippen molar-refractivity contribution in [2.45, 2.75) is 0 Å². The summed E-state index contributed by atoms with van der Waals surface area (Å²) in [4.78, 5) is 17.4. The average molecular weight is 365 g/mol. The second-order valence-electron chi connectivity index (χ2n) is 6.46. The highest BCUT2D eigenvalue weighted by molar-refractivity contribution is 6.03. The molecule has 2 aromatic carbocycles. The van der Waals surface area contributed by atoms with Crippen LogP contribution in [-0.2, 0) is 4.79 Å². The molecule has 1 aromatic heterocycles. The van der Waals surface area contributed by atoms with Gasteiger partial charge in [0.25, 0.3) is 0 Å². The third kappa shape index (κ3) is 3.19. The Morgan fingerprint density at radius 2 is 1.96 bits per heavy atom. The molecule has 1 aliphatic rings. The topological polar surface area (TPSA) is 83.9 Å². The van der Waals surface area contributed by atoms with Crippen LogP contribution in [0, 0.1) is 0 Å². The summed E-state index contributed by atoms with van der Waals surface area (Å²) in [5.74, 6) is 1.04. The molecule has 0 unspecified atom stereocenters. The zero-order valence-electron chi connectivity index (χ0n) is 15.0. The normalized spacial score (nSPS) is 12.2. The molecular formula is C20H19N3O4. The summed E-state index contributed by atoms with van der Waals surface area (Å²) in [6, 6.07) is 11.8. The number of aliphatic carboxylic acids is 1. The number of anilines is 2. The third-order valence-corrected chi connectivity index (χ3v) is 4.48. The first-order chi connectivity index (χ1) is 13.0. The molecule has 0 bridgehead atoms. The van der Waals surface area contributed by atoms with E-state index in [-0.39, 0.29) is 13.3 Å². The van der Waals surface area contributed by atoms with E-state index in [1.165, 1.54) is 0 Å². The lowest BCUT2D eigenvalue weighted by Gasteiger charge is -2.16. The molecule has 4 rings (SSSR count). The predicted octanol–water partition coefficient (Wildman–Crippen LogP) is 3.19. The number of hydrogen-bond acceptors (Lipinski definition) is 6. The summed E-state index contributed by atoms with van der Waals surface area (Å²) < 4.78 is 10.9. The van der Waals surface area contributed by atoms with Gasteiger partial charge in [0, 0.05) is 36.9 Å². The lowest BCUT2D eigenvalue weighted by atomic mass is 9.99. The van der Waals surface area contributed by atoms with Crippen LogP contribution in [0.1, 0.15) is 0 Å². The van der Waals surface area contributed by atoms with Gasteiger partial charge in [-0.3, -0.25) is 4.79 Å². The molecule has 0 atom stereocenters. The van der Waals surface area contributed by atoms with Crippen molar-refractivity contribution >= 4 is 28.2 Å². The van der Waals surface area contributed by atoms with Crippen LogP contribution in [-0.4, -0.2) is 43.5 Å². The highest BCUT2D eigenvalue weighted by Gasteiger charge is 2.16. The van der Waals surface area contributed by atoms with E-state index >= 15 is 0 Å².